The first-order valence-corrected chi connectivity index (χ1v) is 11.8. The van der Waals surface area contributed by atoms with Crippen molar-refractivity contribution in [1.82, 2.24) is 10.2 Å². The Bertz CT molecular complexity index is 1100. The fourth-order valence-electron chi connectivity index (χ4n) is 5.51. The van der Waals surface area contributed by atoms with E-state index in [0.29, 0.717) is 32.2 Å². The molecule has 2 N–H and O–H groups in total. The van der Waals surface area contributed by atoms with Crippen molar-refractivity contribution in [1.29, 1.82) is 0 Å². The van der Waals surface area contributed by atoms with E-state index in [0.717, 1.165) is 11.1 Å². The Labute approximate surface area is 198 Å². The van der Waals surface area contributed by atoms with Crippen molar-refractivity contribution in [3.8, 4) is 11.1 Å². The summed E-state index contributed by atoms with van der Waals surface area (Å²) in [5.41, 5.74) is 4.65. The molecule has 7 heteroatoms. The monoisotopic (exact) mass is 460 g/mol. The average molecular weight is 461 g/mol. The van der Waals surface area contributed by atoms with Gasteiger partial charge in [0.15, 0.2) is 0 Å². The molecule has 1 heterocycles. The van der Waals surface area contributed by atoms with E-state index < -0.39 is 18.1 Å². The predicted molar refractivity (Wildman–Crippen MR) is 126 cm³/mol. The minimum absolute atomic E-state index is 0.0162. The van der Waals surface area contributed by atoms with Gasteiger partial charge in [0, 0.05) is 18.4 Å². The van der Waals surface area contributed by atoms with Gasteiger partial charge in [-0.1, -0.05) is 60.7 Å². The highest BCUT2D eigenvalue weighted by atomic mass is 16.5. The zero-order valence-corrected chi connectivity index (χ0v) is 18.9. The van der Waals surface area contributed by atoms with Gasteiger partial charge in [-0.3, -0.25) is 4.79 Å². The Kier molecular flexibility index (Phi) is 6.09. The van der Waals surface area contributed by atoms with Crippen molar-refractivity contribution in [2.75, 3.05) is 13.2 Å². The van der Waals surface area contributed by atoms with Crippen LogP contribution < -0.4 is 5.32 Å². The smallest absolute Gasteiger partial charge is 0.407 e. The highest BCUT2D eigenvalue weighted by molar-refractivity contribution is 5.86. The van der Waals surface area contributed by atoms with Crippen LogP contribution in [0.4, 0.5) is 4.79 Å². The molecule has 34 heavy (non-hydrogen) atoms. The van der Waals surface area contributed by atoms with Crippen LogP contribution in [0.15, 0.2) is 60.7 Å². The van der Waals surface area contributed by atoms with Gasteiger partial charge < -0.3 is 20.1 Å². The summed E-state index contributed by atoms with van der Waals surface area (Å²) in [6.07, 6.45) is 5.41. The standard InChI is InChI=1S/C27H28N2O5/c30-25(29-14-6-13-24(29)26(31)32)17-7-5-8-18(15-17)28-27(33)34-16-23-21-11-3-1-9-19(21)20-10-2-4-12-22(20)23/h1-5,8-12,17-18,23-24H,6-7,13-16H2,(H,28,33)(H,31,32)/t17-,18-,24-/m1/s1. The summed E-state index contributed by atoms with van der Waals surface area (Å²) in [5.74, 6) is -1.46. The van der Waals surface area contributed by atoms with Crippen molar-refractivity contribution in [3.63, 3.8) is 0 Å². The maximum atomic E-state index is 13.0. The van der Waals surface area contributed by atoms with Gasteiger partial charge >= 0.3 is 12.1 Å². The number of nitrogens with one attached hydrogen (secondary N) is 1. The van der Waals surface area contributed by atoms with Crippen molar-refractivity contribution < 1.29 is 24.2 Å². The number of benzene rings is 2. The zero-order chi connectivity index (χ0) is 23.7. The molecule has 176 valence electrons. The van der Waals surface area contributed by atoms with E-state index in [9.17, 15) is 19.5 Å². The molecule has 7 nitrogen and oxygen atoms in total. The Hall–Kier alpha value is -3.61. The van der Waals surface area contributed by atoms with E-state index in [2.05, 4.69) is 29.6 Å². The van der Waals surface area contributed by atoms with Crippen LogP contribution in [0.5, 0.6) is 0 Å². The molecule has 0 unspecified atom stereocenters. The van der Waals surface area contributed by atoms with Crippen LogP contribution in [0.3, 0.4) is 0 Å². The molecule has 2 aromatic rings. The maximum absolute atomic E-state index is 13.0. The molecule has 0 spiro atoms. The number of nitrogens with zero attached hydrogens (tertiary/aromatic N) is 1. The van der Waals surface area contributed by atoms with Gasteiger partial charge in [-0.25, -0.2) is 9.59 Å². The van der Waals surface area contributed by atoms with Gasteiger partial charge in [-0.15, -0.1) is 0 Å². The highest BCUT2D eigenvalue weighted by Crippen LogP contribution is 2.44. The van der Waals surface area contributed by atoms with E-state index in [4.69, 9.17) is 4.74 Å². The van der Waals surface area contributed by atoms with Gasteiger partial charge in [-0.2, -0.15) is 0 Å². The molecule has 1 aliphatic heterocycles. The van der Waals surface area contributed by atoms with Gasteiger partial charge in [0.1, 0.15) is 12.6 Å². The quantitative estimate of drug-likeness (QED) is 0.659. The molecule has 2 aliphatic carbocycles. The van der Waals surface area contributed by atoms with Gasteiger partial charge in [0.25, 0.3) is 0 Å². The van der Waals surface area contributed by atoms with Crippen molar-refractivity contribution in [2.45, 2.75) is 43.7 Å². The summed E-state index contributed by atoms with van der Waals surface area (Å²) in [4.78, 5) is 38.5. The average Bonchev–Trinajstić information content (AvgIpc) is 3.46. The number of allylic oxidation sites excluding steroid dienone is 1. The molecular weight excluding hydrogens is 432 g/mol. The van der Waals surface area contributed by atoms with Crippen molar-refractivity contribution in [3.05, 3.63) is 71.8 Å². The largest absolute Gasteiger partial charge is 0.480 e. The minimum atomic E-state index is -0.953. The lowest BCUT2D eigenvalue weighted by Gasteiger charge is -2.30. The van der Waals surface area contributed by atoms with E-state index in [-0.39, 0.29) is 30.4 Å². The third-order valence-electron chi connectivity index (χ3n) is 7.14. The van der Waals surface area contributed by atoms with E-state index in [1.165, 1.54) is 16.0 Å². The molecule has 5 rings (SSSR count). The summed E-state index contributed by atoms with van der Waals surface area (Å²) in [6, 6.07) is 15.3. The number of hydrogen-bond donors (Lipinski definition) is 2. The Morgan fingerprint density at radius 2 is 1.71 bits per heavy atom. The Morgan fingerprint density at radius 1 is 1.03 bits per heavy atom. The first-order valence-electron chi connectivity index (χ1n) is 11.8. The lowest BCUT2D eigenvalue weighted by Crippen LogP contribution is -2.46. The molecular formula is C27H28N2O5. The second-order valence-electron chi connectivity index (χ2n) is 9.20. The van der Waals surface area contributed by atoms with Crippen LogP contribution in [0.25, 0.3) is 11.1 Å². The highest BCUT2D eigenvalue weighted by Gasteiger charge is 2.38. The maximum Gasteiger partial charge on any atom is 0.407 e. The number of carbonyl (C=O) groups excluding carboxylic acids is 2. The molecule has 0 bridgehead atoms. The number of hydrogen-bond acceptors (Lipinski definition) is 4. The van der Waals surface area contributed by atoms with Crippen molar-refractivity contribution >= 4 is 18.0 Å². The van der Waals surface area contributed by atoms with E-state index >= 15 is 0 Å². The summed E-state index contributed by atoms with van der Waals surface area (Å²) in [5, 5.41) is 12.3. The number of fused-ring (bicyclic) bond motifs is 3. The summed E-state index contributed by atoms with van der Waals surface area (Å²) in [6.45, 7) is 0.702. The third kappa shape index (κ3) is 4.18. The molecule has 2 aromatic carbocycles. The van der Waals surface area contributed by atoms with Crippen molar-refractivity contribution in [2.24, 2.45) is 5.92 Å². The number of aliphatic carboxylic acids is 1. The first-order chi connectivity index (χ1) is 16.5. The van der Waals surface area contributed by atoms with Crippen LogP contribution in [0, 0.1) is 5.92 Å². The molecule has 3 atom stereocenters. The molecule has 1 saturated heterocycles. The van der Waals surface area contributed by atoms with Crippen LogP contribution in [0.1, 0.15) is 42.7 Å². The lowest BCUT2D eigenvalue weighted by molar-refractivity contribution is -0.150. The van der Waals surface area contributed by atoms with Crippen LogP contribution >= 0.6 is 0 Å². The predicted octanol–water partition coefficient (Wildman–Crippen LogP) is 3.94. The number of alkyl carbamates (subject to hydrolysis) is 1. The molecule has 1 fully saturated rings. The van der Waals surface area contributed by atoms with Gasteiger partial charge in [0.05, 0.1) is 6.04 Å². The van der Waals surface area contributed by atoms with E-state index in [1.54, 1.807) is 0 Å². The number of ether oxygens (including phenoxy) is 1. The third-order valence-corrected chi connectivity index (χ3v) is 7.14. The summed E-state index contributed by atoms with van der Waals surface area (Å²) < 4.78 is 5.63. The van der Waals surface area contributed by atoms with Crippen LogP contribution in [-0.2, 0) is 14.3 Å². The zero-order valence-electron chi connectivity index (χ0n) is 18.9. The number of rotatable bonds is 5. The normalized spacial score (nSPS) is 23.3. The topological polar surface area (TPSA) is 95.9 Å². The Morgan fingerprint density at radius 3 is 2.38 bits per heavy atom. The molecule has 3 aliphatic rings. The summed E-state index contributed by atoms with van der Waals surface area (Å²) in [7, 11) is 0. The summed E-state index contributed by atoms with van der Waals surface area (Å²) >= 11 is 0. The van der Waals surface area contributed by atoms with Gasteiger partial charge in [0.2, 0.25) is 5.91 Å². The van der Waals surface area contributed by atoms with Crippen LogP contribution in [0.2, 0.25) is 0 Å². The van der Waals surface area contributed by atoms with E-state index in [1.807, 2.05) is 36.4 Å². The second kappa shape index (κ2) is 9.33. The molecule has 0 saturated carbocycles. The number of likely N-dealkylation sites (tertiary alicyclic amines) is 1. The molecule has 0 aromatic heterocycles. The van der Waals surface area contributed by atoms with Gasteiger partial charge in [-0.05, 0) is 47.9 Å². The Balaban J connectivity index is 1.19. The SMILES string of the molecule is O=C(N[C@@H]1C=CC[C@@H](C(=O)N2CCC[C@@H]2C(=O)O)C1)OCC1c2ccccc2-c2ccccc21. The number of carboxylic acids is 1. The minimum Gasteiger partial charge on any atom is -0.480 e. The second-order valence-corrected chi connectivity index (χ2v) is 9.20. The lowest BCUT2D eigenvalue weighted by atomic mass is 9.89. The number of carboxylic acid groups (broad SMARTS) is 1. The number of carbonyl (C=O) groups is 3. The van der Waals surface area contributed by atoms with Crippen LogP contribution in [-0.4, -0.2) is 53.2 Å². The fraction of sp³-hybridized carbons (Fsp3) is 0.370. The molecule has 0 radical (unpaired) electrons. The molecule has 2 amide bonds. The fourth-order valence-corrected chi connectivity index (χ4v) is 5.51. The number of amides is 2. The first kappa shape index (κ1) is 22.2.